The van der Waals surface area contributed by atoms with Gasteiger partial charge in [-0.05, 0) is 19.4 Å². The molecule has 2 aromatic rings. The van der Waals surface area contributed by atoms with Crippen LogP contribution >= 0.6 is 0 Å². The van der Waals surface area contributed by atoms with Crippen molar-refractivity contribution in [2.45, 2.75) is 20.4 Å². The highest BCUT2D eigenvalue weighted by Crippen LogP contribution is 2.30. The molecule has 1 heterocycles. The van der Waals surface area contributed by atoms with E-state index in [0.717, 1.165) is 5.56 Å². The van der Waals surface area contributed by atoms with Gasteiger partial charge in [-0.15, -0.1) is 0 Å². The molecule has 0 saturated carbocycles. The minimum absolute atomic E-state index is 0.271. The summed E-state index contributed by atoms with van der Waals surface area (Å²) in [5.41, 5.74) is 7.85. The number of benzene rings is 1. The number of nitrogens with zero attached hydrogens (tertiary/aromatic N) is 2. The molecule has 1 aromatic heterocycles. The Morgan fingerprint density at radius 2 is 2.00 bits per heavy atom. The lowest BCUT2D eigenvalue weighted by Gasteiger charge is -2.04. The third-order valence-corrected chi connectivity index (χ3v) is 2.82. The van der Waals surface area contributed by atoms with E-state index in [1.54, 1.807) is 11.6 Å². The fourth-order valence-corrected chi connectivity index (χ4v) is 1.95. The lowest BCUT2D eigenvalue weighted by atomic mass is 10.1. The molecule has 0 aliphatic carbocycles. The Morgan fingerprint density at radius 1 is 1.32 bits per heavy atom. The van der Waals surface area contributed by atoms with Gasteiger partial charge in [-0.3, -0.25) is 0 Å². The summed E-state index contributed by atoms with van der Waals surface area (Å²) in [6.07, 6.45) is 0. The maximum absolute atomic E-state index is 12.0. The number of hydrogen-bond acceptors (Lipinski definition) is 4. The molecule has 0 bridgehead atoms. The van der Waals surface area contributed by atoms with Crippen LogP contribution in [0.4, 0.5) is 5.82 Å². The van der Waals surface area contributed by atoms with E-state index in [9.17, 15) is 4.79 Å². The molecular weight excluding hydrogens is 242 g/mol. The van der Waals surface area contributed by atoms with Crippen molar-refractivity contribution in [1.82, 2.24) is 9.78 Å². The third-order valence-electron chi connectivity index (χ3n) is 2.82. The summed E-state index contributed by atoms with van der Waals surface area (Å²) in [6, 6.07) is 9.50. The molecule has 0 unspecified atom stereocenters. The number of hydrogen-bond donors (Lipinski definition) is 1. The number of carbonyl (C=O) groups is 1. The first-order valence-corrected chi connectivity index (χ1v) is 6.27. The van der Waals surface area contributed by atoms with Gasteiger partial charge >= 0.3 is 5.97 Å². The minimum Gasteiger partial charge on any atom is -0.461 e. The Kier molecular flexibility index (Phi) is 3.85. The van der Waals surface area contributed by atoms with E-state index in [4.69, 9.17) is 10.5 Å². The average Bonchev–Trinajstić information content (AvgIpc) is 2.77. The van der Waals surface area contributed by atoms with Crippen LogP contribution in [-0.2, 0) is 11.3 Å². The minimum atomic E-state index is -0.444. The van der Waals surface area contributed by atoms with E-state index in [-0.39, 0.29) is 5.69 Å². The second-order valence-electron chi connectivity index (χ2n) is 4.01. The number of carbonyl (C=O) groups excluding carboxylic acids is 1. The molecule has 19 heavy (non-hydrogen) atoms. The number of aromatic nitrogens is 2. The van der Waals surface area contributed by atoms with E-state index in [1.165, 1.54) is 0 Å². The Balaban J connectivity index is 2.57. The van der Waals surface area contributed by atoms with Crippen LogP contribution < -0.4 is 5.73 Å². The third kappa shape index (κ3) is 2.45. The number of rotatable bonds is 4. The van der Waals surface area contributed by atoms with Crippen LogP contribution in [-0.4, -0.2) is 22.4 Å². The number of nitrogen functional groups attached to an aromatic ring is 1. The predicted octanol–water partition coefficient (Wildman–Crippen LogP) is 2.33. The molecule has 0 saturated heterocycles. The van der Waals surface area contributed by atoms with Gasteiger partial charge in [0, 0.05) is 6.54 Å². The topological polar surface area (TPSA) is 70.1 Å². The summed E-state index contributed by atoms with van der Waals surface area (Å²) in [7, 11) is 0. The van der Waals surface area contributed by atoms with Gasteiger partial charge in [-0.2, -0.15) is 5.10 Å². The maximum atomic E-state index is 12.0. The highest BCUT2D eigenvalue weighted by atomic mass is 16.5. The second kappa shape index (κ2) is 5.56. The van der Waals surface area contributed by atoms with Crippen molar-refractivity contribution in [3.63, 3.8) is 0 Å². The fraction of sp³-hybridized carbons (Fsp3) is 0.286. The standard InChI is InChI=1S/C14H17N3O2/c1-3-17-13(15)11(10-8-6-5-7-9-10)12(16-17)14(18)19-4-2/h5-9H,3-4,15H2,1-2H3. The number of esters is 1. The largest absolute Gasteiger partial charge is 0.461 e. The highest BCUT2D eigenvalue weighted by Gasteiger charge is 2.23. The Hall–Kier alpha value is -2.30. The van der Waals surface area contributed by atoms with Crippen LogP contribution in [0.2, 0.25) is 0 Å². The van der Waals surface area contributed by atoms with Crippen molar-refractivity contribution < 1.29 is 9.53 Å². The van der Waals surface area contributed by atoms with E-state index < -0.39 is 5.97 Å². The molecule has 0 aliphatic heterocycles. The molecular formula is C14H17N3O2. The smallest absolute Gasteiger partial charge is 0.359 e. The summed E-state index contributed by atoms with van der Waals surface area (Å²) in [4.78, 5) is 12.0. The predicted molar refractivity (Wildman–Crippen MR) is 73.7 cm³/mol. The van der Waals surface area contributed by atoms with Crippen LogP contribution in [0, 0.1) is 0 Å². The lowest BCUT2D eigenvalue weighted by Crippen LogP contribution is -2.08. The van der Waals surface area contributed by atoms with Crippen LogP contribution in [0.15, 0.2) is 30.3 Å². The molecule has 1 aromatic carbocycles. The zero-order chi connectivity index (χ0) is 13.8. The Bertz CT molecular complexity index is 576. The SMILES string of the molecule is CCOC(=O)c1nn(CC)c(N)c1-c1ccccc1. The van der Waals surface area contributed by atoms with Gasteiger partial charge in [0.2, 0.25) is 0 Å². The Labute approximate surface area is 112 Å². The van der Waals surface area contributed by atoms with Gasteiger partial charge in [0.25, 0.3) is 0 Å². The zero-order valence-corrected chi connectivity index (χ0v) is 11.1. The molecule has 0 radical (unpaired) electrons. The number of ether oxygens (including phenoxy) is 1. The molecule has 2 N–H and O–H groups in total. The van der Waals surface area contributed by atoms with Gasteiger partial charge in [-0.25, -0.2) is 9.48 Å². The van der Waals surface area contributed by atoms with Crippen LogP contribution in [0.25, 0.3) is 11.1 Å². The van der Waals surface area contributed by atoms with Crippen molar-refractivity contribution in [2.24, 2.45) is 0 Å². The molecule has 100 valence electrons. The molecule has 0 amide bonds. The summed E-state index contributed by atoms with van der Waals surface area (Å²) < 4.78 is 6.64. The second-order valence-corrected chi connectivity index (χ2v) is 4.01. The van der Waals surface area contributed by atoms with E-state index in [2.05, 4.69) is 5.10 Å². The number of nitrogens with two attached hydrogens (primary N) is 1. The lowest BCUT2D eigenvalue weighted by molar-refractivity contribution is 0.0519. The van der Waals surface area contributed by atoms with Crippen LogP contribution in [0.3, 0.4) is 0 Å². The quantitative estimate of drug-likeness (QED) is 0.855. The molecule has 0 atom stereocenters. The van der Waals surface area contributed by atoms with Gasteiger partial charge < -0.3 is 10.5 Å². The highest BCUT2D eigenvalue weighted by molar-refractivity contribution is 5.98. The van der Waals surface area contributed by atoms with Crippen molar-refractivity contribution >= 4 is 11.8 Å². The fourth-order valence-electron chi connectivity index (χ4n) is 1.95. The van der Waals surface area contributed by atoms with Gasteiger partial charge in [0.05, 0.1) is 12.2 Å². The Morgan fingerprint density at radius 3 is 2.58 bits per heavy atom. The van der Waals surface area contributed by atoms with E-state index in [0.29, 0.717) is 24.5 Å². The average molecular weight is 259 g/mol. The maximum Gasteiger partial charge on any atom is 0.359 e. The first kappa shape index (κ1) is 13.1. The molecule has 5 heteroatoms. The van der Waals surface area contributed by atoms with Crippen LogP contribution in [0.5, 0.6) is 0 Å². The van der Waals surface area contributed by atoms with Crippen molar-refractivity contribution in [3.05, 3.63) is 36.0 Å². The van der Waals surface area contributed by atoms with Crippen LogP contribution in [0.1, 0.15) is 24.3 Å². The van der Waals surface area contributed by atoms with Crippen molar-refractivity contribution in [3.8, 4) is 11.1 Å². The van der Waals surface area contributed by atoms with E-state index >= 15 is 0 Å². The first-order valence-electron chi connectivity index (χ1n) is 6.27. The van der Waals surface area contributed by atoms with Gasteiger partial charge in [0.1, 0.15) is 5.82 Å². The summed E-state index contributed by atoms with van der Waals surface area (Å²) in [6.45, 7) is 4.60. The van der Waals surface area contributed by atoms with Crippen molar-refractivity contribution in [1.29, 1.82) is 0 Å². The summed E-state index contributed by atoms with van der Waals surface area (Å²) in [5.74, 6) is 0.0389. The zero-order valence-electron chi connectivity index (χ0n) is 11.1. The first-order chi connectivity index (χ1) is 9.19. The normalized spacial score (nSPS) is 10.4. The van der Waals surface area contributed by atoms with Gasteiger partial charge in [-0.1, -0.05) is 30.3 Å². The monoisotopic (exact) mass is 259 g/mol. The van der Waals surface area contributed by atoms with Gasteiger partial charge in [0.15, 0.2) is 5.69 Å². The molecule has 0 fully saturated rings. The number of aryl methyl sites for hydroxylation is 1. The van der Waals surface area contributed by atoms with Crippen molar-refractivity contribution in [2.75, 3.05) is 12.3 Å². The molecule has 0 aliphatic rings. The molecule has 5 nitrogen and oxygen atoms in total. The molecule has 0 spiro atoms. The molecule has 2 rings (SSSR count). The summed E-state index contributed by atoms with van der Waals surface area (Å²) >= 11 is 0. The van der Waals surface area contributed by atoms with E-state index in [1.807, 2.05) is 37.3 Å². The number of anilines is 1. The summed E-state index contributed by atoms with van der Waals surface area (Å²) in [5, 5.41) is 4.24.